The fourth-order valence-electron chi connectivity index (χ4n) is 5.06. The molecular formula is C28H38O3. The summed E-state index contributed by atoms with van der Waals surface area (Å²) in [7, 11) is 0. The van der Waals surface area contributed by atoms with E-state index >= 15 is 0 Å². The van der Waals surface area contributed by atoms with E-state index in [1.165, 1.54) is 49.7 Å². The molecule has 0 atom stereocenters. The minimum Gasteiger partial charge on any atom is -0.494 e. The molecule has 4 rings (SSSR count). The van der Waals surface area contributed by atoms with E-state index in [0.717, 1.165) is 36.2 Å². The van der Waals surface area contributed by atoms with Crippen molar-refractivity contribution in [3.05, 3.63) is 65.2 Å². The second-order valence-electron chi connectivity index (χ2n) is 9.29. The van der Waals surface area contributed by atoms with Crippen LogP contribution < -0.4 is 4.74 Å². The molecule has 0 amide bonds. The van der Waals surface area contributed by atoms with E-state index in [0.29, 0.717) is 19.1 Å². The lowest BCUT2D eigenvalue weighted by Gasteiger charge is -2.31. The van der Waals surface area contributed by atoms with Crippen LogP contribution in [0.5, 0.6) is 5.75 Å². The van der Waals surface area contributed by atoms with Gasteiger partial charge in [0.2, 0.25) is 0 Å². The van der Waals surface area contributed by atoms with Crippen LogP contribution in [0.3, 0.4) is 0 Å². The Morgan fingerprint density at radius 2 is 1.29 bits per heavy atom. The lowest BCUT2D eigenvalue weighted by molar-refractivity contribution is -0.191. The van der Waals surface area contributed by atoms with Gasteiger partial charge >= 0.3 is 0 Å². The number of hydrogen-bond acceptors (Lipinski definition) is 3. The highest BCUT2D eigenvalue weighted by Gasteiger charge is 2.26. The number of benzene rings is 2. The second kappa shape index (κ2) is 11.2. The third-order valence-corrected chi connectivity index (χ3v) is 6.95. The lowest BCUT2D eigenvalue weighted by Crippen LogP contribution is -2.25. The van der Waals surface area contributed by atoms with E-state index in [-0.39, 0.29) is 6.29 Å². The van der Waals surface area contributed by atoms with Crippen molar-refractivity contribution in [3.8, 4) is 5.75 Å². The summed E-state index contributed by atoms with van der Waals surface area (Å²) in [6.07, 6.45) is 8.97. The molecule has 168 valence electrons. The summed E-state index contributed by atoms with van der Waals surface area (Å²) >= 11 is 0. The maximum Gasteiger partial charge on any atom is 0.183 e. The number of rotatable bonds is 8. The van der Waals surface area contributed by atoms with Gasteiger partial charge in [-0.3, -0.25) is 0 Å². The third kappa shape index (κ3) is 5.90. The van der Waals surface area contributed by atoms with E-state index < -0.39 is 0 Å². The van der Waals surface area contributed by atoms with Crippen LogP contribution in [-0.2, 0) is 9.47 Å². The smallest absolute Gasteiger partial charge is 0.183 e. The zero-order valence-electron chi connectivity index (χ0n) is 19.2. The predicted octanol–water partition coefficient (Wildman–Crippen LogP) is 7.38. The Morgan fingerprint density at radius 1 is 0.710 bits per heavy atom. The Kier molecular flexibility index (Phi) is 8.04. The second-order valence-corrected chi connectivity index (χ2v) is 9.29. The minimum absolute atomic E-state index is 0.283. The summed E-state index contributed by atoms with van der Waals surface area (Å²) in [6.45, 7) is 6.56. The van der Waals surface area contributed by atoms with Gasteiger partial charge in [-0.15, -0.1) is 0 Å². The zero-order chi connectivity index (χ0) is 21.5. The molecule has 3 nitrogen and oxygen atoms in total. The van der Waals surface area contributed by atoms with Gasteiger partial charge in [0.15, 0.2) is 6.29 Å². The van der Waals surface area contributed by atoms with Gasteiger partial charge in [0.25, 0.3) is 0 Å². The van der Waals surface area contributed by atoms with Gasteiger partial charge in [-0.1, -0.05) is 63.1 Å². The first-order chi connectivity index (χ1) is 15.3. The summed E-state index contributed by atoms with van der Waals surface area (Å²) in [6, 6.07) is 17.4. The molecule has 0 radical (unpaired) electrons. The Morgan fingerprint density at radius 3 is 1.87 bits per heavy atom. The van der Waals surface area contributed by atoms with Crippen molar-refractivity contribution >= 4 is 0 Å². The average molecular weight is 423 g/mol. The third-order valence-electron chi connectivity index (χ3n) is 6.95. The molecule has 1 saturated carbocycles. The van der Waals surface area contributed by atoms with Gasteiger partial charge in [0.1, 0.15) is 5.75 Å². The Balaban J connectivity index is 1.27. The van der Waals surface area contributed by atoms with Gasteiger partial charge in [-0.2, -0.15) is 0 Å². The topological polar surface area (TPSA) is 27.7 Å². The maximum absolute atomic E-state index is 6.07. The Labute approximate surface area is 188 Å². The van der Waals surface area contributed by atoms with E-state index in [4.69, 9.17) is 14.2 Å². The highest BCUT2D eigenvalue weighted by molar-refractivity contribution is 5.30. The summed E-state index contributed by atoms with van der Waals surface area (Å²) in [5, 5.41) is 0. The highest BCUT2D eigenvalue weighted by atomic mass is 16.7. The van der Waals surface area contributed by atoms with Crippen LogP contribution in [0.25, 0.3) is 0 Å². The first-order valence-corrected chi connectivity index (χ1v) is 12.3. The van der Waals surface area contributed by atoms with Gasteiger partial charge in [0.05, 0.1) is 19.8 Å². The normalized spacial score (nSPS) is 26.5. The highest BCUT2D eigenvalue weighted by Crippen LogP contribution is 2.38. The molecule has 1 aliphatic carbocycles. The summed E-state index contributed by atoms with van der Waals surface area (Å²) in [5.74, 6) is 2.91. The molecule has 2 aromatic carbocycles. The van der Waals surface area contributed by atoms with Crippen LogP contribution in [-0.4, -0.2) is 19.8 Å². The van der Waals surface area contributed by atoms with E-state index in [9.17, 15) is 0 Å². The summed E-state index contributed by atoms with van der Waals surface area (Å²) in [5.41, 5.74) is 3.89. The standard InChI is InChI=1S/C28H38O3/c1-3-5-21-6-8-22(9-7-21)23-10-12-24(13-11-23)26-19-30-28(31-20-26)25-14-16-27(17-15-25)29-18-4-2/h10-17,21-22,26,28H,3-9,18-20H2,1-2H3. The molecule has 3 heteroatoms. The molecule has 0 unspecified atom stereocenters. The SMILES string of the molecule is CCCOc1ccc(C2OCC(c3ccc(C4CCC(CCC)CC4)cc3)CO2)cc1. The van der Waals surface area contributed by atoms with Crippen LogP contribution in [0.4, 0.5) is 0 Å². The number of hydrogen-bond donors (Lipinski definition) is 0. The summed E-state index contributed by atoms with van der Waals surface area (Å²) in [4.78, 5) is 0. The van der Waals surface area contributed by atoms with E-state index in [1.54, 1.807) is 0 Å². The molecule has 0 N–H and O–H groups in total. The van der Waals surface area contributed by atoms with Gasteiger partial charge in [-0.25, -0.2) is 0 Å². The van der Waals surface area contributed by atoms with E-state index in [1.807, 2.05) is 24.3 Å². The Hall–Kier alpha value is -1.84. The van der Waals surface area contributed by atoms with Gasteiger partial charge in [0, 0.05) is 11.5 Å². The average Bonchev–Trinajstić information content (AvgIpc) is 2.84. The molecule has 2 aromatic rings. The lowest BCUT2D eigenvalue weighted by atomic mass is 9.77. The monoisotopic (exact) mass is 422 g/mol. The van der Waals surface area contributed by atoms with Crippen molar-refractivity contribution in [2.45, 2.75) is 76.9 Å². The van der Waals surface area contributed by atoms with Crippen molar-refractivity contribution in [1.82, 2.24) is 0 Å². The molecule has 0 aromatic heterocycles. The molecule has 0 bridgehead atoms. The fraction of sp³-hybridized carbons (Fsp3) is 0.571. The molecule has 0 spiro atoms. The maximum atomic E-state index is 6.07. The van der Waals surface area contributed by atoms with Crippen LogP contribution >= 0.6 is 0 Å². The zero-order valence-corrected chi connectivity index (χ0v) is 19.2. The summed E-state index contributed by atoms with van der Waals surface area (Å²) < 4.78 is 17.8. The fourth-order valence-corrected chi connectivity index (χ4v) is 5.06. The Bertz CT molecular complexity index is 767. The predicted molar refractivity (Wildman–Crippen MR) is 126 cm³/mol. The van der Waals surface area contributed by atoms with Gasteiger partial charge in [-0.05, 0) is 67.2 Å². The number of ether oxygens (including phenoxy) is 3. The molecule has 1 heterocycles. The molecule has 1 saturated heterocycles. The van der Waals surface area contributed by atoms with Crippen molar-refractivity contribution in [3.63, 3.8) is 0 Å². The first-order valence-electron chi connectivity index (χ1n) is 12.3. The molecule has 31 heavy (non-hydrogen) atoms. The van der Waals surface area contributed by atoms with Gasteiger partial charge < -0.3 is 14.2 Å². The van der Waals surface area contributed by atoms with Crippen molar-refractivity contribution < 1.29 is 14.2 Å². The van der Waals surface area contributed by atoms with Crippen LogP contribution in [0.2, 0.25) is 0 Å². The largest absolute Gasteiger partial charge is 0.494 e. The molecule has 2 fully saturated rings. The minimum atomic E-state index is -0.283. The van der Waals surface area contributed by atoms with Crippen LogP contribution in [0.15, 0.2) is 48.5 Å². The van der Waals surface area contributed by atoms with Crippen LogP contribution in [0, 0.1) is 5.92 Å². The van der Waals surface area contributed by atoms with Crippen molar-refractivity contribution in [1.29, 1.82) is 0 Å². The van der Waals surface area contributed by atoms with Crippen molar-refractivity contribution in [2.75, 3.05) is 19.8 Å². The van der Waals surface area contributed by atoms with Crippen LogP contribution in [0.1, 0.15) is 93.6 Å². The van der Waals surface area contributed by atoms with Crippen molar-refractivity contribution in [2.24, 2.45) is 5.92 Å². The molecule has 1 aliphatic heterocycles. The quantitative estimate of drug-likeness (QED) is 0.444. The first kappa shape index (κ1) is 22.4. The molecular weight excluding hydrogens is 384 g/mol. The van der Waals surface area contributed by atoms with E-state index in [2.05, 4.69) is 38.1 Å². The molecule has 2 aliphatic rings.